The second-order valence-electron chi connectivity index (χ2n) is 3.18. The molecule has 0 saturated heterocycles. The summed E-state index contributed by atoms with van der Waals surface area (Å²) in [5.41, 5.74) is 1.42. The van der Waals surface area contributed by atoms with Gasteiger partial charge in [0.25, 0.3) is 0 Å². The Kier molecular flexibility index (Phi) is 3.86. The van der Waals surface area contributed by atoms with E-state index in [2.05, 4.69) is 25.9 Å². The van der Waals surface area contributed by atoms with Crippen molar-refractivity contribution in [1.82, 2.24) is 9.97 Å². The molecule has 0 N–H and O–H groups in total. The molecule has 2 aromatic rings. The average molecular weight is 334 g/mol. The number of ether oxygens (including phenoxy) is 1. The molecule has 88 valence electrons. The van der Waals surface area contributed by atoms with Crippen LogP contribution in [0.4, 0.5) is 0 Å². The molecule has 0 amide bonds. The van der Waals surface area contributed by atoms with Crippen molar-refractivity contribution >= 4 is 39.1 Å². The molecule has 1 aromatic heterocycles. The fourth-order valence-corrected chi connectivity index (χ4v) is 2.32. The Hall–Kier alpha value is -0.840. The molecular weight excluding hydrogens is 327 g/mol. The summed E-state index contributed by atoms with van der Waals surface area (Å²) in [6, 6.07) is 5.14. The molecule has 2 rings (SSSR count). The highest BCUT2D eigenvalue weighted by atomic mass is 79.9. The number of rotatable bonds is 2. The summed E-state index contributed by atoms with van der Waals surface area (Å²) in [6.07, 6.45) is 1.64. The molecule has 0 fully saturated rings. The largest absolute Gasteiger partial charge is 0.494 e. The third kappa shape index (κ3) is 2.70. The Bertz CT molecular complexity index is 563. The quantitative estimate of drug-likeness (QED) is 0.772. The van der Waals surface area contributed by atoms with Gasteiger partial charge < -0.3 is 4.74 Å². The first-order valence-electron chi connectivity index (χ1n) is 4.64. The fourth-order valence-electron chi connectivity index (χ4n) is 1.44. The van der Waals surface area contributed by atoms with E-state index >= 15 is 0 Å². The molecule has 1 heterocycles. The van der Waals surface area contributed by atoms with E-state index in [1.165, 1.54) is 0 Å². The number of hydrogen-bond acceptors (Lipinski definition) is 3. The van der Waals surface area contributed by atoms with E-state index in [1.54, 1.807) is 31.5 Å². The standard InChI is InChI=1S/C11H7BrCl2N2O/c1-17-10-7(4-6(13)5-8(10)14)9-2-3-15-11(12)16-9/h2-5H,1H3. The normalized spacial score (nSPS) is 10.4. The van der Waals surface area contributed by atoms with E-state index in [0.717, 1.165) is 5.56 Å². The maximum atomic E-state index is 6.06. The van der Waals surface area contributed by atoms with E-state index in [0.29, 0.717) is 26.2 Å². The van der Waals surface area contributed by atoms with Crippen LogP contribution in [0.15, 0.2) is 29.1 Å². The molecule has 3 nitrogen and oxygen atoms in total. The van der Waals surface area contributed by atoms with Gasteiger partial charge in [-0.2, -0.15) is 0 Å². The highest BCUT2D eigenvalue weighted by molar-refractivity contribution is 9.10. The zero-order valence-corrected chi connectivity index (χ0v) is 11.8. The molecule has 17 heavy (non-hydrogen) atoms. The monoisotopic (exact) mass is 332 g/mol. The van der Waals surface area contributed by atoms with Crippen LogP contribution < -0.4 is 4.74 Å². The third-order valence-electron chi connectivity index (χ3n) is 2.11. The van der Waals surface area contributed by atoms with E-state index < -0.39 is 0 Å². The van der Waals surface area contributed by atoms with Crippen LogP contribution >= 0.6 is 39.1 Å². The van der Waals surface area contributed by atoms with Crippen molar-refractivity contribution in [2.45, 2.75) is 0 Å². The van der Waals surface area contributed by atoms with Crippen LogP contribution in [0.5, 0.6) is 5.75 Å². The Morgan fingerprint density at radius 3 is 2.71 bits per heavy atom. The van der Waals surface area contributed by atoms with Gasteiger partial charge in [0.2, 0.25) is 0 Å². The van der Waals surface area contributed by atoms with E-state index in [9.17, 15) is 0 Å². The van der Waals surface area contributed by atoms with Crippen molar-refractivity contribution < 1.29 is 4.74 Å². The molecule has 0 aliphatic carbocycles. The van der Waals surface area contributed by atoms with Crippen molar-refractivity contribution in [3.8, 4) is 17.0 Å². The van der Waals surface area contributed by atoms with Crippen LogP contribution in [0.1, 0.15) is 0 Å². The highest BCUT2D eigenvalue weighted by Gasteiger charge is 2.13. The molecule has 0 spiro atoms. The Balaban J connectivity index is 2.65. The minimum Gasteiger partial charge on any atom is -0.494 e. The maximum absolute atomic E-state index is 6.06. The average Bonchev–Trinajstić information content (AvgIpc) is 2.28. The summed E-state index contributed by atoms with van der Waals surface area (Å²) >= 11 is 15.2. The lowest BCUT2D eigenvalue weighted by Crippen LogP contribution is -1.92. The van der Waals surface area contributed by atoms with Crippen LogP contribution in [-0.2, 0) is 0 Å². The summed E-state index contributed by atoms with van der Waals surface area (Å²) in [4.78, 5) is 8.21. The van der Waals surface area contributed by atoms with E-state index in [4.69, 9.17) is 27.9 Å². The van der Waals surface area contributed by atoms with Crippen molar-refractivity contribution in [2.24, 2.45) is 0 Å². The number of nitrogens with zero attached hydrogens (tertiary/aromatic N) is 2. The van der Waals surface area contributed by atoms with E-state index in [1.807, 2.05) is 0 Å². The van der Waals surface area contributed by atoms with Gasteiger partial charge in [-0.25, -0.2) is 9.97 Å². The summed E-state index contributed by atoms with van der Waals surface area (Å²) in [6.45, 7) is 0. The van der Waals surface area contributed by atoms with Crippen LogP contribution in [0, 0.1) is 0 Å². The lowest BCUT2D eigenvalue weighted by molar-refractivity contribution is 0.416. The lowest BCUT2D eigenvalue weighted by atomic mass is 10.1. The number of halogens is 3. The fraction of sp³-hybridized carbons (Fsp3) is 0.0909. The van der Waals surface area contributed by atoms with Crippen LogP contribution in [0.3, 0.4) is 0 Å². The number of methoxy groups -OCH3 is 1. The highest BCUT2D eigenvalue weighted by Crippen LogP contribution is 2.38. The second-order valence-corrected chi connectivity index (χ2v) is 4.73. The molecule has 0 bridgehead atoms. The number of benzene rings is 1. The lowest BCUT2D eigenvalue weighted by Gasteiger charge is -2.10. The zero-order valence-electron chi connectivity index (χ0n) is 8.75. The SMILES string of the molecule is COc1c(Cl)cc(Cl)cc1-c1ccnc(Br)n1. The summed E-state index contributed by atoms with van der Waals surface area (Å²) in [5.74, 6) is 0.543. The molecule has 0 atom stereocenters. The molecule has 0 aliphatic heterocycles. The summed E-state index contributed by atoms with van der Waals surface area (Å²) in [5, 5.41) is 0.977. The van der Waals surface area contributed by atoms with Gasteiger partial charge in [0.05, 0.1) is 17.8 Å². The maximum Gasteiger partial charge on any atom is 0.197 e. The summed E-state index contributed by atoms with van der Waals surface area (Å²) in [7, 11) is 1.55. The van der Waals surface area contributed by atoms with Crippen molar-refractivity contribution in [3.05, 3.63) is 39.2 Å². The van der Waals surface area contributed by atoms with Gasteiger partial charge >= 0.3 is 0 Å². The molecule has 0 aliphatic rings. The van der Waals surface area contributed by atoms with Crippen molar-refractivity contribution in [3.63, 3.8) is 0 Å². The number of aromatic nitrogens is 2. The molecule has 6 heteroatoms. The van der Waals surface area contributed by atoms with Crippen LogP contribution in [0.2, 0.25) is 10.0 Å². The molecule has 0 saturated carbocycles. The predicted octanol–water partition coefficient (Wildman–Crippen LogP) is 4.22. The van der Waals surface area contributed by atoms with Gasteiger partial charge in [0, 0.05) is 16.8 Å². The topological polar surface area (TPSA) is 35.0 Å². The Morgan fingerprint density at radius 1 is 1.29 bits per heavy atom. The second kappa shape index (κ2) is 5.21. The Morgan fingerprint density at radius 2 is 2.06 bits per heavy atom. The molecular formula is C11H7BrCl2N2O. The number of hydrogen-bond donors (Lipinski definition) is 0. The first kappa shape index (κ1) is 12.6. The molecule has 0 unspecified atom stereocenters. The first-order chi connectivity index (χ1) is 8.11. The molecule has 0 radical (unpaired) electrons. The zero-order chi connectivity index (χ0) is 12.4. The molecule has 1 aromatic carbocycles. The predicted molar refractivity (Wildman–Crippen MR) is 71.7 cm³/mol. The van der Waals surface area contributed by atoms with Gasteiger partial charge in [-0.15, -0.1) is 0 Å². The smallest absolute Gasteiger partial charge is 0.197 e. The van der Waals surface area contributed by atoms with Crippen molar-refractivity contribution in [1.29, 1.82) is 0 Å². The van der Waals surface area contributed by atoms with Crippen LogP contribution in [-0.4, -0.2) is 17.1 Å². The first-order valence-corrected chi connectivity index (χ1v) is 6.18. The van der Waals surface area contributed by atoms with Gasteiger partial charge in [-0.3, -0.25) is 0 Å². The third-order valence-corrected chi connectivity index (χ3v) is 3.00. The van der Waals surface area contributed by atoms with Crippen molar-refractivity contribution in [2.75, 3.05) is 7.11 Å². The summed E-state index contributed by atoms with van der Waals surface area (Å²) < 4.78 is 5.75. The minimum absolute atomic E-state index is 0.449. The Labute approximate surface area is 117 Å². The van der Waals surface area contributed by atoms with Gasteiger partial charge in [0.1, 0.15) is 5.75 Å². The van der Waals surface area contributed by atoms with E-state index in [-0.39, 0.29) is 0 Å². The van der Waals surface area contributed by atoms with Gasteiger partial charge in [0.15, 0.2) is 4.73 Å². The van der Waals surface area contributed by atoms with Crippen LogP contribution in [0.25, 0.3) is 11.3 Å². The van der Waals surface area contributed by atoms with Gasteiger partial charge in [-0.05, 0) is 34.1 Å². The van der Waals surface area contributed by atoms with Gasteiger partial charge in [-0.1, -0.05) is 23.2 Å². The minimum atomic E-state index is 0.449.